The maximum atomic E-state index is 5.66. The first kappa shape index (κ1) is 31.2. The third kappa shape index (κ3) is 29.3. The van der Waals surface area contributed by atoms with E-state index in [0.717, 1.165) is 13.2 Å². The molecule has 0 fully saturated rings. The van der Waals surface area contributed by atoms with Gasteiger partial charge in [0.25, 0.3) is 0 Å². The van der Waals surface area contributed by atoms with Crippen molar-refractivity contribution >= 4 is 34.7 Å². The molecule has 2 nitrogen and oxygen atoms in total. The summed E-state index contributed by atoms with van der Waals surface area (Å²) in [5.74, 6) is 0. The van der Waals surface area contributed by atoms with Crippen LogP contribution >= 0.6 is 0 Å². The van der Waals surface area contributed by atoms with E-state index >= 15 is 0 Å². The van der Waals surface area contributed by atoms with E-state index in [1.165, 1.54) is 128 Å². The van der Waals surface area contributed by atoms with Gasteiger partial charge in [-0.1, -0.05) is 129 Å². The monoisotopic (exact) mass is 404 g/mol. The standard InChI is InChI=1S/2C12H25O.Al.Li/c2*1-2-3-4-5-6-7-8-9-10-11-12-13;;/h2*2-12H2,1H3;;/q2*-1;+2;. The van der Waals surface area contributed by atoms with Gasteiger partial charge >= 0.3 is 15.9 Å². The first-order valence-electron chi connectivity index (χ1n) is 12.5. The summed E-state index contributed by atoms with van der Waals surface area (Å²) >= 11 is -0.222. The fourth-order valence-corrected chi connectivity index (χ4v) is 4.11. The van der Waals surface area contributed by atoms with Crippen molar-refractivity contribution in [1.82, 2.24) is 0 Å². The second-order valence-electron chi connectivity index (χ2n) is 8.20. The molecule has 0 aromatic rings. The zero-order chi connectivity index (χ0) is 19.7. The summed E-state index contributed by atoms with van der Waals surface area (Å²) in [6.07, 6.45) is 27.7. The predicted octanol–water partition coefficient (Wildman–Crippen LogP) is 8.01. The average molecular weight is 405 g/mol. The molecule has 0 heterocycles. The molecule has 2 radical (unpaired) electrons. The number of unbranched alkanes of at least 4 members (excludes halogenated alkanes) is 18. The minimum atomic E-state index is -0.222. The molecule has 0 atom stereocenters. The Morgan fingerprint density at radius 3 is 0.929 bits per heavy atom. The van der Waals surface area contributed by atoms with Crippen LogP contribution in [0.2, 0.25) is 0 Å². The van der Waals surface area contributed by atoms with Crippen molar-refractivity contribution in [3.8, 4) is 0 Å². The van der Waals surface area contributed by atoms with Crippen molar-refractivity contribution in [2.24, 2.45) is 0 Å². The molecule has 0 saturated heterocycles. The van der Waals surface area contributed by atoms with Gasteiger partial charge in [-0.15, -0.1) is 0 Å². The topological polar surface area (TPSA) is 18.5 Å². The quantitative estimate of drug-likeness (QED) is 0.120. The van der Waals surface area contributed by atoms with Gasteiger partial charge in [-0.2, -0.15) is 0 Å². The molecule has 0 amide bonds. The molecular formula is C24H50AlLiO2. The molecule has 28 heavy (non-hydrogen) atoms. The molecule has 0 aliphatic carbocycles. The summed E-state index contributed by atoms with van der Waals surface area (Å²) < 4.78 is 11.3. The summed E-state index contributed by atoms with van der Waals surface area (Å²) in [5, 5.41) is 0. The van der Waals surface area contributed by atoms with Crippen LogP contribution in [0.5, 0.6) is 0 Å². The maximum Gasteiger partial charge on any atom is 0.668 e. The van der Waals surface area contributed by atoms with Gasteiger partial charge in [0, 0.05) is 32.1 Å². The van der Waals surface area contributed by atoms with Crippen molar-refractivity contribution in [3.05, 3.63) is 0 Å². The summed E-state index contributed by atoms with van der Waals surface area (Å²) in [5.41, 5.74) is 0. The molecule has 0 aromatic carbocycles. The van der Waals surface area contributed by atoms with Gasteiger partial charge in [0.05, 0.1) is 0 Å². The predicted molar refractivity (Wildman–Crippen MR) is 127 cm³/mol. The zero-order valence-electron chi connectivity index (χ0n) is 20.0. The first-order chi connectivity index (χ1) is 13.4. The van der Waals surface area contributed by atoms with Crippen LogP contribution in [-0.2, 0) is 7.58 Å². The van der Waals surface area contributed by atoms with Gasteiger partial charge in [-0.25, -0.2) is 0 Å². The van der Waals surface area contributed by atoms with Crippen LogP contribution in [0.25, 0.3) is 0 Å². The van der Waals surface area contributed by atoms with Crippen LogP contribution in [0.1, 0.15) is 142 Å². The molecule has 4 heteroatoms. The van der Waals surface area contributed by atoms with Crippen LogP contribution in [-0.4, -0.2) is 48.0 Å². The van der Waals surface area contributed by atoms with Crippen molar-refractivity contribution in [3.63, 3.8) is 0 Å². The Labute approximate surface area is 197 Å². The fraction of sp³-hybridized carbons (Fsp3) is 1.00. The Bertz CT molecular complexity index is 231. The second kappa shape index (κ2) is 30.2. The maximum absolute atomic E-state index is 5.66. The molecule has 0 spiro atoms. The van der Waals surface area contributed by atoms with Gasteiger partial charge in [0.2, 0.25) is 0 Å². The van der Waals surface area contributed by atoms with Gasteiger partial charge in [0.15, 0.2) is 0 Å². The molecule has 162 valence electrons. The van der Waals surface area contributed by atoms with E-state index in [1.807, 2.05) is 0 Å². The number of hydrogen-bond acceptors (Lipinski definition) is 2. The van der Waals surface area contributed by atoms with E-state index in [0.29, 0.717) is 0 Å². The molecular weight excluding hydrogens is 354 g/mol. The molecule has 0 bridgehead atoms. The van der Waals surface area contributed by atoms with E-state index in [1.54, 1.807) is 0 Å². The second-order valence-corrected chi connectivity index (χ2v) is 9.06. The van der Waals surface area contributed by atoms with Gasteiger partial charge in [0.1, 0.15) is 0 Å². The minimum Gasteiger partial charge on any atom is -0.484 e. The van der Waals surface area contributed by atoms with Crippen LogP contribution in [0.4, 0.5) is 0 Å². The van der Waals surface area contributed by atoms with Crippen LogP contribution < -0.4 is 0 Å². The van der Waals surface area contributed by atoms with Crippen LogP contribution in [0.15, 0.2) is 0 Å². The third-order valence-corrected chi connectivity index (χ3v) is 6.11. The normalized spacial score (nSPS) is 10.8. The Hall–Kier alpha value is 1.05. The minimum absolute atomic E-state index is 0. The van der Waals surface area contributed by atoms with E-state index in [4.69, 9.17) is 7.58 Å². The van der Waals surface area contributed by atoms with E-state index < -0.39 is 0 Å². The van der Waals surface area contributed by atoms with E-state index in [-0.39, 0.29) is 34.7 Å². The van der Waals surface area contributed by atoms with Crippen molar-refractivity contribution in [2.75, 3.05) is 13.2 Å². The molecule has 0 aromatic heterocycles. The average Bonchev–Trinajstić information content (AvgIpc) is 2.68. The largest absolute Gasteiger partial charge is 0.668 e. The Morgan fingerprint density at radius 2 is 0.643 bits per heavy atom. The fourth-order valence-electron chi connectivity index (χ4n) is 3.49. The van der Waals surface area contributed by atoms with Crippen LogP contribution in [0.3, 0.4) is 0 Å². The Balaban J connectivity index is 0. The molecule has 0 N–H and O–H groups in total. The molecule has 0 rings (SSSR count). The SMILES string of the molecule is CCCCCCCCCCCC[O][Al][O]CCCCCCCCCCCC.[Li]. The summed E-state index contributed by atoms with van der Waals surface area (Å²) in [4.78, 5) is 0. The van der Waals surface area contributed by atoms with Crippen molar-refractivity contribution in [2.45, 2.75) is 142 Å². The van der Waals surface area contributed by atoms with E-state index in [9.17, 15) is 0 Å². The Kier molecular flexibility index (Phi) is 33.7. The molecule has 0 unspecified atom stereocenters. The number of rotatable bonds is 24. The summed E-state index contributed by atoms with van der Waals surface area (Å²) in [7, 11) is 0. The van der Waals surface area contributed by atoms with Crippen molar-refractivity contribution < 1.29 is 7.58 Å². The van der Waals surface area contributed by atoms with E-state index in [2.05, 4.69) is 13.8 Å². The van der Waals surface area contributed by atoms with Gasteiger partial charge in [-0.3, -0.25) is 0 Å². The summed E-state index contributed by atoms with van der Waals surface area (Å²) in [6, 6.07) is 0. The smallest absolute Gasteiger partial charge is 0.484 e. The number of hydrogen-bond donors (Lipinski definition) is 0. The molecule has 0 saturated carbocycles. The molecule has 0 aliphatic rings. The first-order valence-corrected chi connectivity index (χ1v) is 13.4. The summed E-state index contributed by atoms with van der Waals surface area (Å²) in [6.45, 7) is 6.38. The zero-order valence-corrected chi connectivity index (χ0v) is 21.1. The van der Waals surface area contributed by atoms with Crippen molar-refractivity contribution in [1.29, 1.82) is 0 Å². The van der Waals surface area contributed by atoms with Gasteiger partial charge < -0.3 is 7.58 Å². The molecule has 0 aliphatic heterocycles. The van der Waals surface area contributed by atoms with Gasteiger partial charge in [-0.05, 0) is 12.8 Å². The third-order valence-electron chi connectivity index (χ3n) is 5.37. The van der Waals surface area contributed by atoms with Crippen LogP contribution in [0, 0.1) is 0 Å². The Morgan fingerprint density at radius 1 is 0.393 bits per heavy atom.